The summed E-state index contributed by atoms with van der Waals surface area (Å²) in [5.74, 6) is 0.934. The lowest BCUT2D eigenvalue weighted by Gasteiger charge is -2.13. The van der Waals surface area contributed by atoms with Crippen molar-refractivity contribution in [2.75, 3.05) is 19.0 Å². The Hall–Kier alpha value is -3.27. The maximum atomic E-state index is 12.3. The normalized spacial score (nSPS) is 10.2. The van der Waals surface area contributed by atoms with Crippen LogP contribution in [0, 0.1) is 0 Å². The number of para-hydroxylation sites is 3. The minimum Gasteiger partial charge on any atom is -0.493 e. The van der Waals surface area contributed by atoms with Crippen LogP contribution < -0.4 is 14.8 Å². The molecular formula is C22H21NO3. The Kier molecular flexibility index (Phi) is 5.88. The monoisotopic (exact) mass is 347 g/mol. The van der Waals surface area contributed by atoms with E-state index in [0.29, 0.717) is 11.5 Å². The fourth-order valence-electron chi connectivity index (χ4n) is 2.68. The zero-order valence-corrected chi connectivity index (χ0v) is 14.6. The van der Waals surface area contributed by atoms with Crippen LogP contribution >= 0.6 is 0 Å². The molecule has 0 saturated carbocycles. The van der Waals surface area contributed by atoms with Crippen molar-refractivity contribution in [3.8, 4) is 11.5 Å². The number of benzene rings is 3. The molecule has 0 heterocycles. The van der Waals surface area contributed by atoms with Crippen molar-refractivity contribution in [3.63, 3.8) is 0 Å². The Balaban J connectivity index is 1.64. The molecule has 0 aliphatic rings. The number of rotatable bonds is 7. The summed E-state index contributed by atoms with van der Waals surface area (Å²) >= 11 is 0. The first-order chi connectivity index (χ1) is 12.8. The van der Waals surface area contributed by atoms with E-state index in [9.17, 15) is 4.79 Å². The second kappa shape index (κ2) is 8.72. The van der Waals surface area contributed by atoms with Gasteiger partial charge in [0, 0.05) is 5.69 Å². The first kappa shape index (κ1) is 17.5. The van der Waals surface area contributed by atoms with Gasteiger partial charge in [-0.1, -0.05) is 60.7 Å². The van der Waals surface area contributed by atoms with Crippen molar-refractivity contribution in [2.24, 2.45) is 0 Å². The molecule has 0 radical (unpaired) electrons. The molecule has 3 rings (SSSR count). The van der Waals surface area contributed by atoms with Crippen molar-refractivity contribution in [1.82, 2.24) is 0 Å². The molecule has 0 aliphatic carbocycles. The quantitative estimate of drug-likeness (QED) is 0.693. The number of hydrogen-bond donors (Lipinski definition) is 1. The summed E-state index contributed by atoms with van der Waals surface area (Å²) in [6, 6.07) is 25.2. The Morgan fingerprint density at radius 2 is 1.50 bits per heavy atom. The van der Waals surface area contributed by atoms with Gasteiger partial charge in [0.2, 0.25) is 0 Å². The Morgan fingerprint density at radius 1 is 0.846 bits per heavy atom. The van der Waals surface area contributed by atoms with Gasteiger partial charge in [0.1, 0.15) is 0 Å². The highest BCUT2D eigenvalue weighted by atomic mass is 16.5. The van der Waals surface area contributed by atoms with Gasteiger partial charge in [0.15, 0.2) is 18.1 Å². The predicted molar refractivity (Wildman–Crippen MR) is 103 cm³/mol. The Labute approximate surface area is 153 Å². The molecule has 0 saturated heterocycles. The van der Waals surface area contributed by atoms with E-state index in [4.69, 9.17) is 9.47 Å². The Bertz CT molecular complexity index is 862. The standard InChI is InChI=1S/C22H21NO3/c1-25-20-13-7-8-14-21(20)26-16-22(24)23-19-12-6-5-11-18(19)15-17-9-3-2-4-10-17/h2-14H,15-16H2,1H3,(H,23,24). The second-order valence-electron chi connectivity index (χ2n) is 5.81. The number of anilines is 1. The van der Waals surface area contributed by atoms with E-state index in [1.54, 1.807) is 19.2 Å². The number of carbonyl (C=O) groups is 1. The van der Waals surface area contributed by atoms with Crippen LogP contribution in [0.2, 0.25) is 0 Å². The third-order valence-electron chi connectivity index (χ3n) is 3.96. The molecule has 0 bridgehead atoms. The fourth-order valence-corrected chi connectivity index (χ4v) is 2.68. The van der Waals surface area contributed by atoms with E-state index in [1.165, 1.54) is 5.56 Å². The van der Waals surface area contributed by atoms with Crippen LogP contribution in [0.5, 0.6) is 11.5 Å². The minimum absolute atomic E-state index is 0.0833. The van der Waals surface area contributed by atoms with E-state index in [0.717, 1.165) is 17.7 Å². The van der Waals surface area contributed by atoms with E-state index < -0.39 is 0 Å². The van der Waals surface area contributed by atoms with Crippen molar-refractivity contribution in [2.45, 2.75) is 6.42 Å². The van der Waals surface area contributed by atoms with Crippen molar-refractivity contribution < 1.29 is 14.3 Å². The average Bonchev–Trinajstić information content (AvgIpc) is 2.69. The topological polar surface area (TPSA) is 47.6 Å². The molecular weight excluding hydrogens is 326 g/mol. The van der Waals surface area contributed by atoms with Gasteiger partial charge < -0.3 is 14.8 Å². The lowest BCUT2D eigenvalue weighted by atomic mass is 10.0. The number of hydrogen-bond acceptors (Lipinski definition) is 3. The molecule has 1 N–H and O–H groups in total. The van der Waals surface area contributed by atoms with Gasteiger partial charge in [0.05, 0.1) is 7.11 Å². The fraction of sp³-hybridized carbons (Fsp3) is 0.136. The number of amides is 1. The molecule has 0 unspecified atom stereocenters. The summed E-state index contributed by atoms with van der Waals surface area (Å²) in [6.45, 7) is -0.0833. The molecule has 0 aromatic heterocycles. The first-order valence-corrected chi connectivity index (χ1v) is 8.44. The summed E-state index contributed by atoms with van der Waals surface area (Å²) in [4.78, 5) is 12.3. The molecule has 4 heteroatoms. The summed E-state index contributed by atoms with van der Waals surface area (Å²) in [6.07, 6.45) is 0.755. The van der Waals surface area contributed by atoms with Gasteiger partial charge in [-0.15, -0.1) is 0 Å². The van der Waals surface area contributed by atoms with Crippen LogP contribution in [0.4, 0.5) is 5.69 Å². The van der Waals surface area contributed by atoms with Gasteiger partial charge in [-0.2, -0.15) is 0 Å². The van der Waals surface area contributed by atoms with Crippen LogP contribution in [0.25, 0.3) is 0 Å². The van der Waals surface area contributed by atoms with Crippen LogP contribution in [0.15, 0.2) is 78.9 Å². The minimum atomic E-state index is -0.212. The molecule has 3 aromatic carbocycles. The zero-order valence-electron chi connectivity index (χ0n) is 14.6. The number of ether oxygens (including phenoxy) is 2. The third-order valence-corrected chi connectivity index (χ3v) is 3.96. The van der Waals surface area contributed by atoms with Crippen LogP contribution in [-0.4, -0.2) is 19.6 Å². The number of nitrogens with one attached hydrogen (secondary N) is 1. The van der Waals surface area contributed by atoms with E-state index in [1.807, 2.05) is 54.6 Å². The maximum Gasteiger partial charge on any atom is 0.262 e. The average molecular weight is 347 g/mol. The van der Waals surface area contributed by atoms with E-state index in [-0.39, 0.29) is 12.5 Å². The molecule has 0 atom stereocenters. The number of methoxy groups -OCH3 is 1. The molecule has 0 spiro atoms. The van der Waals surface area contributed by atoms with Crippen molar-refractivity contribution in [1.29, 1.82) is 0 Å². The highest BCUT2D eigenvalue weighted by molar-refractivity contribution is 5.92. The van der Waals surface area contributed by atoms with E-state index >= 15 is 0 Å². The Morgan fingerprint density at radius 3 is 2.27 bits per heavy atom. The number of carbonyl (C=O) groups excluding carboxylic acids is 1. The maximum absolute atomic E-state index is 12.3. The highest BCUT2D eigenvalue weighted by Gasteiger charge is 2.10. The van der Waals surface area contributed by atoms with Crippen LogP contribution in [0.1, 0.15) is 11.1 Å². The molecule has 26 heavy (non-hydrogen) atoms. The van der Waals surface area contributed by atoms with Crippen molar-refractivity contribution >= 4 is 11.6 Å². The summed E-state index contributed by atoms with van der Waals surface area (Å²) in [7, 11) is 1.57. The van der Waals surface area contributed by atoms with Gasteiger partial charge in [-0.25, -0.2) is 0 Å². The lowest BCUT2D eigenvalue weighted by molar-refractivity contribution is -0.118. The molecule has 0 aliphatic heterocycles. The molecule has 3 aromatic rings. The van der Waals surface area contributed by atoms with Gasteiger partial charge in [0.25, 0.3) is 5.91 Å². The molecule has 1 amide bonds. The predicted octanol–water partition coefficient (Wildman–Crippen LogP) is 4.30. The SMILES string of the molecule is COc1ccccc1OCC(=O)Nc1ccccc1Cc1ccccc1. The second-order valence-corrected chi connectivity index (χ2v) is 5.81. The third kappa shape index (κ3) is 4.63. The molecule has 4 nitrogen and oxygen atoms in total. The molecule has 0 fully saturated rings. The van der Waals surface area contributed by atoms with Crippen LogP contribution in [0.3, 0.4) is 0 Å². The van der Waals surface area contributed by atoms with Crippen LogP contribution in [-0.2, 0) is 11.2 Å². The first-order valence-electron chi connectivity index (χ1n) is 8.44. The summed E-state index contributed by atoms with van der Waals surface area (Å²) < 4.78 is 10.8. The summed E-state index contributed by atoms with van der Waals surface area (Å²) in [5, 5.41) is 2.93. The largest absolute Gasteiger partial charge is 0.493 e. The lowest BCUT2D eigenvalue weighted by Crippen LogP contribution is -2.21. The smallest absolute Gasteiger partial charge is 0.262 e. The highest BCUT2D eigenvalue weighted by Crippen LogP contribution is 2.25. The van der Waals surface area contributed by atoms with E-state index in [2.05, 4.69) is 17.4 Å². The van der Waals surface area contributed by atoms with Crippen molar-refractivity contribution in [3.05, 3.63) is 90.0 Å². The van der Waals surface area contributed by atoms with Gasteiger partial charge in [-0.3, -0.25) is 4.79 Å². The zero-order chi connectivity index (χ0) is 18.2. The van der Waals surface area contributed by atoms with Gasteiger partial charge in [-0.05, 0) is 35.7 Å². The molecule has 132 valence electrons. The van der Waals surface area contributed by atoms with Gasteiger partial charge >= 0.3 is 0 Å². The summed E-state index contributed by atoms with van der Waals surface area (Å²) in [5.41, 5.74) is 3.05.